The van der Waals surface area contributed by atoms with Crippen molar-refractivity contribution in [2.24, 2.45) is 5.41 Å². The van der Waals surface area contributed by atoms with Gasteiger partial charge in [0.2, 0.25) is 5.91 Å². The number of amides is 1. The molecule has 0 heterocycles. The van der Waals surface area contributed by atoms with E-state index in [0.29, 0.717) is 6.42 Å². The number of ether oxygens (including phenoxy) is 1. The number of aliphatic carboxylic acids is 1. The highest BCUT2D eigenvalue weighted by atomic mass is 16.5. The van der Waals surface area contributed by atoms with E-state index >= 15 is 0 Å². The quantitative estimate of drug-likeness (QED) is 0.533. The van der Waals surface area contributed by atoms with Gasteiger partial charge in [-0.05, 0) is 12.8 Å². The maximum Gasteiger partial charge on any atom is 0.328 e. The molecule has 0 bridgehead atoms. The minimum absolute atomic E-state index is 0.175. The van der Waals surface area contributed by atoms with Gasteiger partial charge in [0.15, 0.2) is 0 Å². The van der Waals surface area contributed by atoms with Crippen molar-refractivity contribution in [3.8, 4) is 0 Å². The molecule has 1 rings (SSSR count). The molecule has 1 aliphatic carbocycles. The number of hydrogen-bond acceptors (Lipinski definition) is 5. The molecule has 7 heteroatoms. The average molecular weight is 271 g/mol. The number of methoxy groups -OCH3 is 1. The van der Waals surface area contributed by atoms with Gasteiger partial charge in [-0.3, -0.25) is 14.4 Å². The number of nitrogens with one attached hydrogen (secondary N) is 1. The van der Waals surface area contributed by atoms with Gasteiger partial charge in [0, 0.05) is 19.8 Å². The maximum atomic E-state index is 11.8. The van der Waals surface area contributed by atoms with Crippen LogP contribution in [0.1, 0.15) is 32.6 Å². The molecule has 0 aliphatic heterocycles. The van der Waals surface area contributed by atoms with E-state index in [2.05, 4.69) is 10.1 Å². The number of rotatable bonds is 5. The van der Waals surface area contributed by atoms with Gasteiger partial charge in [-0.1, -0.05) is 0 Å². The van der Waals surface area contributed by atoms with Gasteiger partial charge >= 0.3 is 11.9 Å². The van der Waals surface area contributed by atoms with Crippen LogP contribution in [-0.2, 0) is 23.9 Å². The molecule has 1 aliphatic rings. The third-order valence-corrected chi connectivity index (χ3v) is 3.37. The van der Waals surface area contributed by atoms with Gasteiger partial charge < -0.3 is 15.2 Å². The first-order valence-electron chi connectivity index (χ1n) is 5.95. The molecule has 19 heavy (non-hydrogen) atoms. The number of carboxylic acids is 1. The summed E-state index contributed by atoms with van der Waals surface area (Å²) in [6, 6.07) is -1.12. The Labute approximate surface area is 110 Å². The minimum atomic E-state index is -1.60. The monoisotopic (exact) mass is 271 g/mol. The Bertz CT molecular complexity index is 418. The first-order chi connectivity index (χ1) is 8.83. The summed E-state index contributed by atoms with van der Waals surface area (Å²) in [4.78, 5) is 45.8. The highest BCUT2D eigenvalue weighted by Crippen LogP contribution is 2.39. The zero-order valence-electron chi connectivity index (χ0n) is 10.9. The third-order valence-electron chi connectivity index (χ3n) is 3.37. The molecule has 1 fully saturated rings. The number of esters is 1. The molecule has 0 aromatic rings. The van der Waals surface area contributed by atoms with Crippen molar-refractivity contribution in [2.75, 3.05) is 7.11 Å². The first-order valence-corrected chi connectivity index (χ1v) is 5.95. The predicted molar refractivity (Wildman–Crippen MR) is 63.2 cm³/mol. The van der Waals surface area contributed by atoms with E-state index in [0.717, 1.165) is 7.11 Å². The molecular formula is C12H17NO6. The number of carboxylic acid groups (broad SMARTS) is 1. The second kappa shape index (κ2) is 5.81. The summed E-state index contributed by atoms with van der Waals surface area (Å²) in [5.74, 6) is -2.90. The zero-order chi connectivity index (χ0) is 14.6. The average Bonchev–Trinajstić information content (AvgIpc) is 2.69. The van der Waals surface area contributed by atoms with Crippen LogP contribution in [0, 0.1) is 5.41 Å². The van der Waals surface area contributed by atoms with Crippen LogP contribution in [0.4, 0.5) is 0 Å². The van der Waals surface area contributed by atoms with E-state index < -0.39 is 35.1 Å². The van der Waals surface area contributed by atoms with Crippen molar-refractivity contribution in [1.29, 1.82) is 0 Å². The number of hydrogen-bond donors (Lipinski definition) is 2. The molecule has 2 N–H and O–H groups in total. The Morgan fingerprint density at radius 2 is 2.11 bits per heavy atom. The summed E-state index contributed by atoms with van der Waals surface area (Å²) in [7, 11) is 1.14. The van der Waals surface area contributed by atoms with Crippen LogP contribution in [0.5, 0.6) is 0 Å². The largest absolute Gasteiger partial charge is 0.480 e. The molecule has 106 valence electrons. The number of ketones is 1. The van der Waals surface area contributed by atoms with E-state index in [9.17, 15) is 24.3 Å². The summed E-state index contributed by atoms with van der Waals surface area (Å²) in [6.45, 7) is 1.21. The molecule has 1 saturated carbocycles. The minimum Gasteiger partial charge on any atom is -0.480 e. The van der Waals surface area contributed by atoms with E-state index in [1.165, 1.54) is 6.92 Å². The summed E-state index contributed by atoms with van der Waals surface area (Å²) in [5.41, 5.74) is -1.60. The number of carbonyl (C=O) groups is 4. The van der Waals surface area contributed by atoms with Crippen LogP contribution >= 0.6 is 0 Å². The van der Waals surface area contributed by atoms with Crippen LogP contribution in [0.15, 0.2) is 0 Å². The van der Waals surface area contributed by atoms with Crippen LogP contribution in [0.2, 0.25) is 0 Å². The molecule has 1 amide bonds. The molecule has 0 radical (unpaired) electrons. The Morgan fingerprint density at radius 1 is 1.47 bits per heavy atom. The summed E-state index contributed by atoms with van der Waals surface area (Å²) in [5, 5.41) is 11.6. The van der Waals surface area contributed by atoms with E-state index in [4.69, 9.17) is 0 Å². The number of Topliss-reactive ketones (excluding diaryl/α,β-unsaturated/α-hetero) is 1. The Balaban J connectivity index is 2.97. The van der Waals surface area contributed by atoms with Gasteiger partial charge in [-0.25, -0.2) is 4.79 Å². The first kappa shape index (κ1) is 15.1. The van der Waals surface area contributed by atoms with Gasteiger partial charge in [0.25, 0.3) is 0 Å². The fourth-order valence-corrected chi connectivity index (χ4v) is 2.39. The van der Waals surface area contributed by atoms with Crippen LogP contribution in [0.3, 0.4) is 0 Å². The van der Waals surface area contributed by atoms with Gasteiger partial charge in [0.05, 0.1) is 7.11 Å². The lowest BCUT2D eigenvalue weighted by Gasteiger charge is -2.26. The highest BCUT2D eigenvalue weighted by Gasteiger charge is 2.51. The highest BCUT2D eigenvalue weighted by molar-refractivity contribution is 6.05. The summed E-state index contributed by atoms with van der Waals surface area (Å²) < 4.78 is 4.53. The second-order valence-electron chi connectivity index (χ2n) is 4.64. The topological polar surface area (TPSA) is 110 Å². The van der Waals surface area contributed by atoms with Crippen molar-refractivity contribution >= 4 is 23.6 Å². The van der Waals surface area contributed by atoms with Crippen molar-refractivity contribution in [3.05, 3.63) is 0 Å². The molecule has 0 aromatic carbocycles. The van der Waals surface area contributed by atoms with Crippen molar-refractivity contribution in [3.63, 3.8) is 0 Å². The Morgan fingerprint density at radius 3 is 2.47 bits per heavy atom. The summed E-state index contributed by atoms with van der Waals surface area (Å²) in [6.07, 6.45) is 0.557. The maximum absolute atomic E-state index is 11.8. The van der Waals surface area contributed by atoms with E-state index in [1.54, 1.807) is 0 Å². The standard InChI is InChI=1S/C12H17NO6/c1-7(14)13-8(10(16)19-2)6-12(11(17)18)5-3-4-9(12)15/h8H,3-6H2,1-2H3,(H,13,14)(H,17,18)/t8-,12-/m0/s1. The molecule has 2 atom stereocenters. The van der Waals surface area contributed by atoms with E-state index in [1.807, 2.05) is 0 Å². The Kier molecular flexibility index (Phi) is 4.63. The van der Waals surface area contributed by atoms with E-state index in [-0.39, 0.29) is 19.3 Å². The zero-order valence-corrected chi connectivity index (χ0v) is 10.9. The van der Waals surface area contributed by atoms with Gasteiger partial charge in [-0.2, -0.15) is 0 Å². The SMILES string of the molecule is COC(=O)[C@H](C[C@@]1(C(=O)O)CCCC1=O)NC(C)=O. The third kappa shape index (κ3) is 3.10. The van der Waals surface area contributed by atoms with Crippen molar-refractivity contribution < 1.29 is 29.0 Å². The fraction of sp³-hybridized carbons (Fsp3) is 0.667. The fourth-order valence-electron chi connectivity index (χ4n) is 2.39. The smallest absolute Gasteiger partial charge is 0.328 e. The van der Waals surface area contributed by atoms with Gasteiger partial charge in [0.1, 0.15) is 17.2 Å². The molecule has 0 unspecified atom stereocenters. The van der Waals surface area contributed by atoms with Crippen molar-refractivity contribution in [2.45, 2.75) is 38.6 Å². The molecule has 0 spiro atoms. The molecule has 0 saturated heterocycles. The number of carbonyl (C=O) groups excluding carboxylic acids is 3. The van der Waals surface area contributed by atoms with Gasteiger partial charge in [-0.15, -0.1) is 0 Å². The molecule has 0 aromatic heterocycles. The second-order valence-corrected chi connectivity index (χ2v) is 4.64. The lowest BCUT2D eigenvalue weighted by Crippen LogP contribution is -2.48. The van der Waals surface area contributed by atoms with Crippen LogP contribution in [0.25, 0.3) is 0 Å². The predicted octanol–water partition coefficient (Wildman–Crippen LogP) is -0.122. The normalized spacial score (nSPS) is 23.8. The summed E-state index contributed by atoms with van der Waals surface area (Å²) >= 11 is 0. The van der Waals surface area contributed by atoms with Crippen molar-refractivity contribution in [1.82, 2.24) is 5.32 Å². The van der Waals surface area contributed by atoms with Crippen LogP contribution < -0.4 is 5.32 Å². The Hall–Kier alpha value is -1.92. The lowest BCUT2D eigenvalue weighted by molar-refractivity contribution is -0.156. The molecular weight excluding hydrogens is 254 g/mol. The molecule has 7 nitrogen and oxygen atoms in total. The van der Waals surface area contributed by atoms with Crippen LogP contribution in [-0.4, -0.2) is 41.9 Å². The lowest BCUT2D eigenvalue weighted by atomic mass is 9.79.